The minimum Gasteiger partial charge on any atom is -0.394 e. The van der Waals surface area contributed by atoms with Gasteiger partial charge in [0.15, 0.2) is 0 Å². The van der Waals surface area contributed by atoms with E-state index in [1.807, 2.05) is 0 Å². The van der Waals surface area contributed by atoms with Gasteiger partial charge >= 0.3 is 0 Å². The molecule has 0 bridgehead atoms. The van der Waals surface area contributed by atoms with Crippen LogP contribution in [0.1, 0.15) is 59.3 Å². The molecule has 0 aromatic rings. The molecule has 1 saturated heterocycles. The molecule has 0 aromatic carbocycles. The average Bonchev–Trinajstić information content (AvgIpc) is 2.48. The number of hydrogen-bond acceptors (Lipinski definition) is 3. The highest BCUT2D eigenvalue weighted by Crippen LogP contribution is 2.34. The second kappa shape index (κ2) is 7.24. The third-order valence-corrected chi connectivity index (χ3v) is 5.75. The molecule has 4 atom stereocenters. The van der Waals surface area contributed by atoms with E-state index in [1.54, 1.807) is 0 Å². The Bertz CT molecular complexity index is 297. The lowest BCUT2D eigenvalue weighted by molar-refractivity contribution is 0.0291. The molecule has 0 radical (unpaired) electrons. The van der Waals surface area contributed by atoms with Gasteiger partial charge in [-0.1, -0.05) is 20.8 Å². The molecule has 0 spiro atoms. The van der Waals surface area contributed by atoms with E-state index in [-0.39, 0.29) is 5.54 Å². The Morgan fingerprint density at radius 3 is 2.70 bits per heavy atom. The van der Waals surface area contributed by atoms with Crippen LogP contribution in [-0.2, 0) is 0 Å². The number of rotatable bonds is 5. The maximum atomic E-state index is 9.90. The Kier molecular flexibility index (Phi) is 5.88. The SMILES string of the molecule is CCCNC1(CO)CCCC(N2CCC(C)C(C)C2)C1. The largest absolute Gasteiger partial charge is 0.394 e. The molecule has 0 amide bonds. The summed E-state index contributed by atoms with van der Waals surface area (Å²) in [6.07, 6.45) is 7.32. The maximum Gasteiger partial charge on any atom is 0.0613 e. The molecular formula is C17H34N2O. The Hall–Kier alpha value is -0.120. The van der Waals surface area contributed by atoms with Crippen molar-refractivity contribution < 1.29 is 5.11 Å². The topological polar surface area (TPSA) is 35.5 Å². The summed E-state index contributed by atoms with van der Waals surface area (Å²) in [5.41, 5.74) is -0.00870. The number of likely N-dealkylation sites (tertiary alicyclic amines) is 1. The predicted molar refractivity (Wildman–Crippen MR) is 84.9 cm³/mol. The summed E-state index contributed by atoms with van der Waals surface area (Å²) in [6, 6.07) is 0.676. The maximum absolute atomic E-state index is 9.90. The van der Waals surface area contributed by atoms with E-state index in [1.165, 1.54) is 32.4 Å². The van der Waals surface area contributed by atoms with Gasteiger partial charge in [0.1, 0.15) is 0 Å². The fraction of sp³-hybridized carbons (Fsp3) is 1.00. The van der Waals surface area contributed by atoms with Gasteiger partial charge < -0.3 is 15.3 Å². The first kappa shape index (κ1) is 16.3. The third kappa shape index (κ3) is 3.75. The molecule has 1 aliphatic heterocycles. The van der Waals surface area contributed by atoms with E-state index in [2.05, 4.69) is 31.0 Å². The molecule has 1 saturated carbocycles. The zero-order chi connectivity index (χ0) is 14.6. The van der Waals surface area contributed by atoms with Crippen molar-refractivity contribution in [3.63, 3.8) is 0 Å². The predicted octanol–water partition coefficient (Wildman–Crippen LogP) is 2.64. The fourth-order valence-corrected chi connectivity index (χ4v) is 4.02. The van der Waals surface area contributed by atoms with E-state index >= 15 is 0 Å². The summed E-state index contributed by atoms with van der Waals surface area (Å²) < 4.78 is 0. The van der Waals surface area contributed by atoms with Gasteiger partial charge in [0.05, 0.1) is 6.61 Å². The van der Waals surface area contributed by atoms with Crippen LogP contribution in [0.4, 0.5) is 0 Å². The lowest BCUT2D eigenvalue weighted by Crippen LogP contribution is -2.57. The fourth-order valence-electron chi connectivity index (χ4n) is 4.02. The molecule has 2 N–H and O–H groups in total. The van der Waals surface area contributed by atoms with Crippen molar-refractivity contribution in [2.45, 2.75) is 70.9 Å². The highest BCUT2D eigenvalue weighted by molar-refractivity contribution is 4.97. The summed E-state index contributed by atoms with van der Waals surface area (Å²) in [5, 5.41) is 13.5. The molecule has 4 unspecified atom stereocenters. The standard InChI is InChI=1S/C17H34N2O/c1-4-9-18-17(13-20)8-5-6-16(11-17)19-10-7-14(2)15(3)12-19/h14-16,18,20H,4-13H2,1-3H3. The number of aliphatic hydroxyl groups is 1. The number of hydrogen-bond donors (Lipinski definition) is 2. The number of nitrogens with zero attached hydrogens (tertiary/aromatic N) is 1. The van der Waals surface area contributed by atoms with Gasteiger partial charge in [0, 0.05) is 18.1 Å². The number of piperidine rings is 1. The van der Waals surface area contributed by atoms with Gasteiger partial charge in [-0.05, 0) is 63.5 Å². The van der Waals surface area contributed by atoms with E-state index in [9.17, 15) is 5.11 Å². The molecular weight excluding hydrogens is 248 g/mol. The van der Waals surface area contributed by atoms with Crippen LogP contribution in [0.2, 0.25) is 0 Å². The smallest absolute Gasteiger partial charge is 0.0613 e. The number of nitrogens with one attached hydrogen (secondary N) is 1. The van der Waals surface area contributed by atoms with Crippen LogP contribution in [-0.4, -0.2) is 47.8 Å². The molecule has 2 fully saturated rings. The average molecular weight is 282 g/mol. The molecule has 1 heterocycles. The van der Waals surface area contributed by atoms with Crippen LogP contribution >= 0.6 is 0 Å². The first-order valence-electron chi connectivity index (χ1n) is 8.70. The Balaban J connectivity index is 1.95. The van der Waals surface area contributed by atoms with Crippen molar-refractivity contribution in [1.82, 2.24) is 10.2 Å². The summed E-state index contributed by atoms with van der Waals surface area (Å²) in [4.78, 5) is 2.71. The lowest BCUT2D eigenvalue weighted by Gasteiger charge is -2.47. The van der Waals surface area contributed by atoms with Crippen molar-refractivity contribution >= 4 is 0 Å². The molecule has 0 aromatic heterocycles. The van der Waals surface area contributed by atoms with Crippen LogP contribution in [0, 0.1) is 11.8 Å². The van der Waals surface area contributed by atoms with Crippen molar-refractivity contribution in [2.24, 2.45) is 11.8 Å². The van der Waals surface area contributed by atoms with Crippen LogP contribution in [0.25, 0.3) is 0 Å². The first-order valence-corrected chi connectivity index (χ1v) is 8.70. The van der Waals surface area contributed by atoms with Gasteiger partial charge in [-0.25, -0.2) is 0 Å². The molecule has 118 valence electrons. The zero-order valence-electron chi connectivity index (χ0n) is 13.7. The molecule has 3 nitrogen and oxygen atoms in total. The Morgan fingerprint density at radius 2 is 2.05 bits per heavy atom. The van der Waals surface area contributed by atoms with E-state index in [4.69, 9.17) is 0 Å². The van der Waals surface area contributed by atoms with Crippen molar-refractivity contribution in [1.29, 1.82) is 0 Å². The van der Waals surface area contributed by atoms with E-state index in [0.717, 1.165) is 37.6 Å². The summed E-state index contributed by atoms with van der Waals surface area (Å²) in [5.74, 6) is 1.69. The monoisotopic (exact) mass is 282 g/mol. The molecule has 2 aliphatic rings. The van der Waals surface area contributed by atoms with Gasteiger partial charge in [-0.3, -0.25) is 0 Å². The van der Waals surface area contributed by atoms with Crippen molar-refractivity contribution in [2.75, 3.05) is 26.2 Å². The quantitative estimate of drug-likeness (QED) is 0.814. The van der Waals surface area contributed by atoms with Gasteiger partial charge in [0.25, 0.3) is 0 Å². The van der Waals surface area contributed by atoms with Gasteiger partial charge in [0.2, 0.25) is 0 Å². The summed E-state index contributed by atoms with van der Waals surface area (Å²) in [6.45, 7) is 10.8. The molecule has 20 heavy (non-hydrogen) atoms. The normalized spacial score (nSPS) is 39.9. The minimum absolute atomic E-state index is 0.00870. The molecule has 3 heteroatoms. The van der Waals surface area contributed by atoms with Gasteiger partial charge in [-0.2, -0.15) is 0 Å². The Morgan fingerprint density at radius 1 is 1.25 bits per heavy atom. The van der Waals surface area contributed by atoms with Crippen LogP contribution in [0.3, 0.4) is 0 Å². The molecule has 2 rings (SSSR count). The highest BCUT2D eigenvalue weighted by Gasteiger charge is 2.38. The lowest BCUT2D eigenvalue weighted by atomic mass is 9.77. The summed E-state index contributed by atoms with van der Waals surface area (Å²) in [7, 11) is 0. The van der Waals surface area contributed by atoms with Crippen LogP contribution in [0.15, 0.2) is 0 Å². The third-order valence-electron chi connectivity index (χ3n) is 5.75. The van der Waals surface area contributed by atoms with E-state index < -0.39 is 0 Å². The van der Waals surface area contributed by atoms with Gasteiger partial charge in [-0.15, -0.1) is 0 Å². The van der Waals surface area contributed by atoms with Crippen LogP contribution in [0.5, 0.6) is 0 Å². The summed E-state index contributed by atoms with van der Waals surface area (Å²) >= 11 is 0. The van der Waals surface area contributed by atoms with Crippen LogP contribution < -0.4 is 5.32 Å². The van der Waals surface area contributed by atoms with E-state index in [0.29, 0.717) is 12.6 Å². The van der Waals surface area contributed by atoms with Crippen molar-refractivity contribution in [3.8, 4) is 0 Å². The Labute approximate surface area is 125 Å². The highest BCUT2D eigenvalue weighted by atomic mass is 16.3. The second-order valence-electron chi connectivity index (χ2n) is 7.35. The zero-order valence-corrected chi connectivity index (χ0v) is 13.7. The van der Waals surface area contributed by atoms with Crippen molar-refractivity contribution in [3.05, 3.63) is 0 Å². The number of aliphatic hydroxyl groups excluding tert-OH is 1. The first-order chi connectivity index (χ1) is 9.60. The minimum atomic E-state index is -0.00870. The second-order valence-corrected chi connectivity index (χ2v) is 7.35. The molecule has 1 aliphatic carbocycles.